The highest BCUT2D eigenvalue weighted by Gasteiger charge is 2.70. The van der Waals surface area contributed by atoms with Crippen molar-refractivity contribution in [3.05, 3.63) is 65.7 Å². The first-order valence-corrected chi connectivity index (χ1v) is 17.0. The number of phenols is 1. The normalized spacial score (nSPS) is 30.6. The van der Waals surface area contributed by atoms with Gasteiger partial charge in [0.1, 0.15) is 42.5 Å². The third-order valence-electron chi connectivity index (χ3n) is 10.4. The lowest BCUT2D eigenvalue weighted by Crippen LogP contribution is -2.79. The van der Waals surface area contributed by atoms with Crippen molar-refractivity contribution >= 4 is 11.7 Å². The first kappa shape index (κ1) is 33.4. The van der Waals surface area contributed by atoms with Gasteiger partial charge in [0.25, 0.3) is 5.79 Å². The number of phenolic OH excluding ortho intramolecular Hbond substituents is 1. The van der Waals surface area contributed by atoms with Gasteiger partial charge in [0, 0.05) is 11.1 Å². The number of nitrogens with one attached hydrogen (secondary N) is 2. The predicted molar refractivity (Wildman–Crippen MR) is 180 cm³/mol. The summed E-state index contributed by atoms with van der Waals surface area (Å²) in [5, 5.41) is 60.1. The Bertz CT molecular complexity index is 1920. The van der Waals surface area contributed by atoms with Crippen molar-refractivity contribution < 1.29 is 58.7 Å². The van der Waals surface area contributed by atoms with Gasteiger partial charge in [0.2, 0.25) is 11.4 Å². The monoisotopic (exact) mass is 704 g/mol. The molecule has 8 rings (SSSR count). The number of hydrogen-bond donors (Lipinski definition) is 7. The zero-order valence-electron chi connectivity index (χ0n) is 28.2. The molecule has 51 heavy (non-hydrogen) atoms. The third kappa shape index (κ3) is 4.99. The van der Waals surface area contributed by atoms with Crippen LogP contribution in [0.15, 0.2) is 54.6 Å². The van der Waals surface area contributed by atoms with Crippen LogP contribution in [0.5, 0.6) is 34.5 Å². The van der Waals surface area contributed by atoms with Gasteiger partial charge in [-0.2, -0.15) is 0 Å². The molecule has 2 bridgehead atoms. The molecule has 5 aliphatic rings. The Morgan fingerprint density at radius 2 is 1.94 bits per heavy atom. The molecule has 7 N–H and O–H groups in total. The highest BCUT2D eigenvalue weighted by Crippen LogP contribution is 2.62. The lowest BCUT2D eigenvalue weighted by atomic mass is 9.76. The van der Waals surface area contributed by atoms with Gasteiger partial charge in [-0.3, -0.25) is 5.32 Å². The molecular weight excluding hydrogens is 664 g/mol. The van der Waals surface area contributed by atoms with Crippen LogP contribution in [0.25, 0.3) is 11.1 Å². The Hall–Kier alpha value is -4.73. The SMILES string of the molecule is COc1c(OCNCCC(C)C)ccc2c1OC1c3c(-c4cccc(O)c4)cc4c(c3OCC21)NC1C=CC2(C(=O)O)OC1(O4)C(O)C(O)C2O. The predicted octanol–water partition coefficient (Wildman–Crippen LogP) is 3.02. The van der Waals surface area contributed by atoms with E-state index >= 15 is 0 Å². The largest absolute Gasteiger partial charge is 0.508 e. The lowest BCUT2D eigenvalue weighted by molar-refractivity contribution is -0.356. The molecule has 0 radical (unpaired) electrons. The van der Waals surface area contributed by atoms with E-state index in [1.54, 1.807) is 37.4 Å². The van der Waals surface area contributed by atoms with E-state index in [-0.39, 0.29) is 24.0 Å². The highest BCUT2D eigenvalue weighted by atomic mass is 16.7. The van der Waals surface area contributed by atoms with Crippen molar-refractivity contribution in [3.63, 3.8) is 0 Å². The Balaban J connectivity index is 1.21. The molecule has 14 nitrogen and oxygen atoms in total. The molecule has 270 valence electrons. The number of methoxy groups -OCH3 is 1. The van der Waals surface area contributed by atoms with E-state index < -0.39 is 47.8 Å². The molecule has 8 unspecified atom stereocenters. The minimum Gasteiger partial charge on any atom is -0.508 e. The van der Waals surface area contributed by atoms with E-state index in [0.29, 0.717) is 58.0 Å². The van der Waals surface area contributed by atoms with Gasteiger partial charge in [-0.1, -0.05) is 38.1 Å². The van der Waals surface area contributed by atoms with Crippen LogP contribution in [0.2, 0.25) is 0 Å². The quantitative estimate of drug-likeness (QED) is 0.0975. The minimum atomic E-state index is -2.38. The second-order valence-electron chi connectivity index (χ2n) is 13.9. The molecule has 0 saturated carbocycles. The summed E-state index contributed by atoms with van der Waals surface area (Å²) in [5.41, 5.74) is 0.680. The summed E-state index contributed by atoms with van der Waals surface area (Å²) in [6.45, 7) is 5.64. The van der Waals surface area contributed by atoms with Crippen LogP contribution < -0.4 is 34.3 Å². The number of carboxylic acids is 1. The first-order valence-electron chi connectivity index (χ1n) is 17.0. The Morgan fingerprint density at radius 3 is 2.69 bits per heavy atom. The van der Waals surface area contributed by atoms with E-state index in [2.05, 4.69) is 24.5 Å². The van der Waals surface area contributed by atoms with E-state index in [4.69, 9.17) is 28.4 Å². The van der Waals surface area contributed by atoms with Crippen molar-refractivity contribution in [1.29, 1.82) is 0 Å². The summed E-state index contributed by atoms with van der Waals surface area (Å²) in [7, 11) is 1.56. The van der Waals surface area contributed by atoms with E-state index in [0.717, 1.165) is 24.6 Å². The fourth-order valence-electron chi connectivity index (χ4n) is 7.73. The van der Waals surface area contributed by atoms with Crippen LogP contribution in [0.3, 0.4) is 0 Å². The fourth-order valence-corrected chi connectivity index (χ4v) is 7.73. The Morgan fingerprint density at radius 1 is 1.12 bits per heavy atom. The maximum absolute atomic E-state index is 12.4. The molecule has 1 saturated heterocycles. The Labute approximate surface area is 293 Å². The molecule has 3 aromatic carbocycles. The number of aliphatic hydroxyl groups excluding tert-OH is 3. The molecule has 5 aliphatic heterocycles. The maximum atomic E-state index is 12.4. The number of carboxylic acid groups (broad SMARTS) is 1. The number of aromatic hydroxyl groups is 1. The summed E-state index contributed by atoms with van der Waals surface area (Å²) >= 11 is 0. The van der Waals surface area contributed by atoms with Gasteiger partial charge >= 0.3 is 5.97 Å². The topological polar surface area (TPSA) is 198 Å². The van der Waals surface area contributed by atoms with Crippen molar-refractivity contribution in [2.75, 3.05) is 32.3 Å². The number of aliphatic hydroxyl groups is 3. The molecule has 14 heteroatoms. The van der Waals surface area contributed by atoms with E-state index in [1.165, 1.54) is 6.08 Å². The van der Waals surface area contributed by atoms with Crippen LogP contribution in [0.1, 0.15) is 43.4 Å². The molecule has 0 amide bonds. The summed E-state index contributed by atoms with van der Waals surface area (Å²) in [6, 6.07) is 11.1. The fraction of sp³-hybridized carbons (Fsp3) is 0.432. The third-order valence-corrected chi connectivity index (χ3v) is 10.4. The molecule has 0 aliphatic carbocycles. The maximum Gasteiger partial charge on any atom is 0.343 e. The van der Waals surface area contributed by atoms with Crippen molar-refractivity contribution in [3.8, 4) is 45.6 Å². The number of ether oxygens (including phenoxy) is 6. The lowest BCUT2D eigenvalue weighted by Gasteiger charge is -2.57. The second-order valence-corrected chi connectivity index (χ2v) is 13.9. The van der Waals surface area contributed by atoms with Crippen molar-refractivity contribution in [2.24, 2.45) is 5.92 Å². The van der Waals surface area contributed by atoms with Gasteiger partial charge in [0.15, 0.2) is 29.1 Å². The van der Waals surface area contributed by atoms with Crippen molar-refractivity contribution in [2.45, 2.75) is 68.0 Å². The summed E-state index contributed by atoms with van der Waals surface area (Å²) in [6.07, 6.45) is -2.74. The van der Waals surface area contributed by atoms with Crippen molar-refractivity contribution in [1.82, 2.24) is 5.32 Å². The number of hydrogen-bond acceptors (Lipinski definition) is 13. The number of aliphatic carboxylic acids is 1. The van der Waals surface area contributed by atoms with Crippen LogP contribution in [0.4, 0.5) is 5.69 Å². The van der Waals surface area contributed by atoms with Gasteiger partial charge in [-0.15, -0.1) is 0 Å². The summed E-state index contributed by atoms with van der Waals surface area (Å²) in [4.78, 5) is 12.4. The summed E-state index contributed by atoms with van der Waals surface area (Å²) in [5.74, 6) is -1.38. The number of carbonyl (C=O) groups is 1. The standard InChI is InChI=1S/C37H40N2O12/c1-17(2)10-12-38-16-48-23-8-7-20-22-15-47-32-26(29(22)49-30(20)31(23)46-3)21(18-5-4-6-19(40)13-18)14-24-27(32)39-25-9-11-36(35(44)45)33(42)28(41)34(43)37(25,50-24)51-36/h4-9,11,13-14,17,22,25,28-29,33-34,38-43H,10,12,15-16H2,1-3H3,(H,44,45). The van der Waals surface area contributed by atoms with Gasteiger partial charge < -0.3 is 59.3 Å². The van der Waals surface area contributed by atoms with Gasteiger partial charge in [0.05, 0.1) is 19.6 Å². The van der Waals surface area contributed by atoms with Crippen LogP contribution in [-0.4, -0.2) is 94.2 Å². The molecule has 1 fully saturated rings. The average molecular weight is 705 g/mol. The smallest absolute Gasteiger partial charge is 0.343 e. The zero-order valence-corrected chi connectivity index (χ0v) is 28.2. The Kier molecular flexibility index (Phi) is 8.00. The van der Waals surface area contributed by atoms with Crippen LogP contribution >= 0.6 is 0 Å². The van der Waals surface area contributed by atoms with Crippen LogP contribution in [0, 0.1) is 5.92 Å². The van der Waals surface area contributed by atoms with E-state index in [9.17, 15) is 30.3 Å². The zero-order chi connectivity index (χ0) is 35.8. The average Bonchev–Trinajstić information content (AvgIpc) is 3.50. The number of benzene rings is 3. The molecule has 8 atom stereocenters. The van der Waals surface area contributed by atoms with Gasteiger partial charge in [-0.25, -0.2) is 4.79 Å². The minimum absolute atomic E-state index is 0.0119. The van der Waals surface area contributed by atoms with E-state index in [1.807, 2.05) is 12.1 Å². The molecule has 1 spiro atoms. The van der Waals surface area contributed by atoms with Gasteiger partial charge in [-0.05, 0) is 60.4 Å². The number of rotatable bonds is 9. The molecule has 3 aromatic rings. The highest BCUT2D eigenvalue weighted by molar-refractivity contribution is 5.85. The number of fused-ring (bicyclic) bond motifs is 8. The molecule has 5 heterocycles. The first-order chi connectivity index (χ1) is 24.5. The number of anilines is 1. The molecular formula is C37H40N2O12. The van der Waals surface area contributed by atoms with Crippen LogP contribution in [-0.2, 0) is 9.53 Å². The second kappa shape index (κ2) is 12.2. The molecule has 0 aromatic heterocycles. The summed E-state index contributed by atoms with van der Waals surface area (Å²) < 4.78 is 37.5.